The van der Waals surface area contributed by atoms with Gasteiger partial charge >= 0.3 is 0 Å². The number of nitrogens with one attached hydrogen (secondary N) is 1. The largest absolute Gasteiger partial charge is 0.497 e. The lowest BCUT2D eigenvalue weighted by Gasteiger charge is -2.41. The number of benzene rings is 2. The SMILES string of the molecule is COc1ccc2ncc(CN3CCOCC3)c(C(O)CCC3(CO)CCN(CCNc4c(F)cc(F)cc4F)CC3)c2c1. The molecule has 2 aliphatic heterocycles. The molecule has 3 aromatic rings. The number of nitrogens with zero attached hydrogens (tertiary/aromatic N) is 3. The molecular formula is C32H41F3N4O4. The molecule has 0 spiro atoms. The molecular weight excluding hydrogens is 561 g/mol. The first-order valence-corrected chi connectivity index (χ1v) is 15.0. The van der Waals surface area contributed by atoms with Gasteiger partial charge in [-0.25, -0.2) is 13.2 Å². The number of likely N-dealkylation sites (tertiary alicyclic amines) is 1. The maximum Gasteiger partial charge on any atom is 0.152 e. The number of morpholine rings is 1. The molecule has 8 nitrogen and oxygen atoms in total. The quantitative estimate of drug-likeness (QED) is 0.280. The fourth-order valence-electron chi connectivity index (χ4n) is 6.26. The first-order chi connectivity index (χ1) is 20.8. The molecule has 0 aliphatic carbocycles. The van der Waals surface area contributed by atoms with E-state index in [0.717, 1.165) is 48.0 Å². The normalized spacial score (nSPS) is 18.6. The van der Waals surface area contributed by atoms with Crippen molar-refractivity contribution in [2.24, 2.45) is 5.41 Å². The van der Waals surface area contributed by atoms with Gasteiger partial charge in [-0.2, -0.15) is 0 Å². The Morgan fingerprint density at radius 1 is 1.05 bits per heavy atom. The van der Waals surface area contributed by atoms with Crippen LogP contribution in [0.3, 0.4) is 0 Å². The van der Waals surface area contributed by atoms with Gasteiger partial charge in [0.2, 0.25) is 0 Å². The molecule has 1 unspecified atom stereocenters. The van der Waals surface area contributed by atoms with Gasteiger partial charge in [0.15, 0.2) is 11.6 Å². The molecule has 2 fully saturated rings. The monoisotopic (exact) mass is 602 g/mol. The topological polar surface area (TPSA) is 90.3 Å². The second-order valence-electron chi connectivity index (χ2n) is 11.7. The standard InChI is InChI=1S/C32H41F3N4O4/c1-42-24-2-3-28-25(18-24)30(22(19-37-28)20-39-12-14-43-15-13-39)29(41)4-5-32(21-40)6-9-38(10-7-32)11-8-36-31-26(34)16-23(33)17-27(31)35/h2-3,16-19,29,36,40-41H,4-15,20-21H2,1H3. The van der Waals surface area contributed by atoms with Crippen LogP contribution >= 0.6 is 0 Å². The molecule has 3 N–H and O–H groups in total. The average Bonchev–Trinajstić information content (AvgIpc) is 3.02. The molecule has 2 aliphatic rings. The molecule has 234 valence electrons. The van der Waals surface area contributed by atoms with E-state index in [2.05, 4.69) is 20.1 Å². The van der Waals surface area contributed by atoms with Crippen molar-refractivity contribution in [3.63, 3.8) is 0 Å². The highest BCUT2D eigenvalue weighted by atomic mass is 19.1. The van der Waals surface area contributed by atoms with E-state index in [1.165, 1.54) is 0 Å². The number of halogens is 3. The molecule has 0 saturated carbocycles. The zero-order valence-corrected chi connectivity index (χ0v) is 24.6. The highest BCUT2D eigenvalue weighted by Crippen LogP contribution is 2.40. The fourth-order valence-corrected chi connectivity index (χ4v) is 6.26. The van der Waals surface area contributed by atoms with Crippen molar-refractivity contribution in [3.05, 3.63) is 65.1 Å². The first kappa shape index (κ1) is 31.5. The maximum atomic E-state index is 13.9. The van der Waals surface area contributed by atoms with Crippen molar-refractivity contribution in [1.29, 1.82) is 0 Å². The van der Waals surface area contributed by atoms with Gasteiger partial charge in [0.05, 0.1) is 31.9 Å². The molecule has 2 saturated heterocycles. The molecule has 3 heterocycles. The summed E-state index contributed by atoms with van der Waals surface area (Å²) in [5.41, 5.74) is 1.97. The van der Waals surface area contributed by atoms with Gasteiger partial charge in [-0.15, -0.1) is 0 Å². The second kappa shape index (κ2) is 14.2. The number of ether oxygens (including phenoxy) is 2. The molecule has 1 aromatic heterocycles. The molecule has 11 heteroatoms. The van der Waals surface area contributed by atoms with Crippen LogP contribution < -0.4 is 10.1 Å². The smallest absolute Gasteiger partial charge is 0.152 e. The third-order valence-corrected chi connectivity index (χ3v) is 8.97. The van der Waals surface area contributed by atoms with E-state index >= 15 is 0 Å². The molecule has 1 atom stereocenters. The number of aromatic nitrogens is 1. The Morgan fingerprint density at radius 2 is 1.77 bits per heavy atom. The summed E-state index contributed by atoms with van der Waals surface area (Å²) in [6.07, 6.45) is 3.72. The number of anilines is 1. The predicted molar refractivity (Wildman–Crippen MR) is 159 cm³/mol. The van der Waals surface area contributed by atoms with Crippen LogP contribution in [-0.2, 0) is 11.3 Å². The van der Waals surface area contributed by atoms with Crippen molar-refractivity contribution in [2.45, 2.75) is 38.3 Å². The minimum Gasteiger partial charge on any atom is -0.497 e. The number of fused-ring (bicyclic) bond motifs is 1. The highest BCUT2D eigenvalue weighted by molar-refractivity contribution is 5.85. The van der Waals surface area contributed by atoms with Crippen LogP contribution in [0, 0.1) is 22.9 Å². The molecule has 43 heavy (non-hydrogen) atoms. The lowest BCUT2D eigenvalue weighted by atomic mass is 9.74. The summed E-state index contributed by atoms with van der Waals surface area (Å²) in [6.45, 7) is 5.95. The van der Waals surface area contributed by atoms with Crippen LogP contribution in [0.1, 0.15) is 42.9 Å². The van der Waals surface area contributed by atoms with Crippen molar-refractivity contribution in [3.8, 4) is 5.75 Å². The Balaban J connectivity index is 1.22. The second-order valence-corrected chi connectivity index (χ2v) is 11.7. The Hall–Kier alpha value is -2.96. The maximum absolute atomic E-state index is 13.9. The van der Waals surface area contributed by atoms with E-state index in [4.69, 9.17) is 9.47 Å². The van der Waals surface area contributed by atoms with E-state index in [0.29, 0.717) is 76.7 Å². The van der Waals surface area contributed by atoms with Gasteiger partial charge in [-0.3, -0.25) is 9.88 Å². The van der Waals surface area contributed by atoms with Crippen molar-refractivity contribution in [2.75, 3.05) is 71.5 Å². The zero-order chi connectivity index (χ0) is 30.4. The van der Waals surface area contributed by atoms with Crippen LogP contribution in [0.5, 0.6) is 5.75 Å². The summed E-state index contributed by atoms with van der Waals surface area (Å²) >= 11 is 0. The van der Waals surface area contributed by atoms with E-state index in [1.807, 2.05) is 24.4 Å². The summed E-state index contributed by atoms with van der Waals surface area (Å²) < 4.78 is 52.1. The number of pyridine rings is 1. The van der Waals surface area contributed by atoms with Crippen LogP contribution in [0.25, 0.3) is 10.9 Å². The fraction of sp³-hybridized carbons (Fsp3) is 0.531. The molecule has 0 bridgehead atoms. The highest BCUT2D eigenvalue weighted by Gasteiger charge is 2.35. The first-order valence-electron chi connectivity index (χ1n) is 15.0. The number of rotatable bonds is 12. The van der Waals surface area contributed by atoms with E-state index in [9.17, 15) is 23.4 Å². The Bertz CT molecular complexity index is 1360. The number of aliphatic hydroxyl groups excluding tert-OH is 2. The Kier molecular flexibility index (Phi) is 10.4. The Morgan fingerprint density at radius 3 is 2.44 bits per heavy atom. The summed E-state index contributed by atoms with van der Waals surface area (Å²) in [4.78, 5) is 9.16. The lowest BCUT2D eigenvalue weighted by Crippen LogP contribution is -2.43. The third-order valence-electron chi connectivity index (χ3n) is 8.97. The van der Waals surface area contributed by atoms with E-state index in [-0.39, 0.29) is 17.7 Å². The van der Waals surface area contributed by atoms with Crippen molar-refractivity contribution in [1.82, 2.24) is 14.8 Å². The van der Waals surface area contributed by atoms with E-state index < -0.39 is 23.6 Å². The van der Waals surface area contributed by atoms with Gasteiger partial charge in [-0.1, -0.05) is 0 Å². The number of hydrogen-bond acceptors (Lipinski definition) is 8. The van der Waals surface area contributed by atoms with Crippen LogP contribution in [0.4, 0.5) is 18.9 Å². The minimum atomic E-state index is -0.956. The zero-order valence-electron chi connectivity index (χ0n) is 24.6. The summed E-state index contributed by atoms with van der Waals surface area (Å²) in [6, 6.07) is 7.02. The molecule has 2 aromatic carbocycles. The third kappa shape index (κ3) is 7.58. The number of methoxy groups -OCH3 is 1. The average molecular weight is 603 g/mol. The number of hydrogen-bond donors (Lipinski definition) is 3. The minimum absolute atomic E-state index is 0.0172. The molecule has 5 rings (SSSR count). The van der Waals surface area contributed by atoms with Gasteiger partial charge < -0.3 is 29.9 Å². The van der Waals surface area contributed by atoms with Gasteiger partial charge in [0, 0.05) is 63.0 Å². The summed E-state index contributed by atoms with van der Waals surface area (Å²) in [5, 5.41) is 25.7. The van der Waals surface area contributed by atoms with Gasteiger partial charge in [-0.05, 0) is 73.5 Å². The summed E-state index contributed by atoms with van der Waals surface area (Å²) in [7, 11) is 1.62. The predicted octanol–water partition coefficient (Wildman–Crippen LogP) is 4.49. The van der Waals surface area contributed by atoms with E-state index in [1.54, 1.807) is 7.11 Å². The number of aliphatic hydroxyl groups is 2. The van der Waals surface area contributed by atoms with Crippen molar-refractivity contribution >= 4 is 16.6 Å². The summed E-state index contributed by atoms with van der Waals surface area (Å²) in [5.74, 6) is -2.16. The Labute approximate surface area is 250 Å². The molecule has 0 amide bonds. The van der Waals surface area contributed by atoms with Crippen LogP contribution in [-0.4, -0.2) is 91.2 Å². The van der Waals surface area contributed by atoms with Gasteiger partial charge in [0.25, 0.3) is 0 Å². The number of piperidine rings is 1. The lowest BCUT2D eigenvalue weighted by molar-refractivity contribution is 0.0239. The van der Waals surface area contributed by atoms with Crippen LogP contribution in [0.15, 0.2) is 36.5 Å². The van der Waals surface area contributed by atoms with Crippen LogP contribution in [0.2, 0.25) is 0 Å². The van der Waals surface area contributed by atoms with Gasteiger partial charge in [0.1, 0.15) is 17.3 Å². The molecule has 0 radical (unpaired) electrons. The van der Waals surface area contributed by atoms with Crippen molar-refractivity contribution < 1.29 is 32.9 Å².